The van der Waals surface area contributed by atoms with Gasteiger partial charge < -0.3 is 16.0 Å². The van der Waals surface area contributed by atoms with Crippen LogP contribution in [0.15, 0.2) is 16.8 Å². The number of carbonyl (C=O) groups excluding carboxylic acids is 3. The van der Waals surface area contributed by atoms with Crippen LogP contribution in [0.4, 0.5) is 32.0 Å². The van der Waals surface area contributed by atoms with Crippen LogP contribution in [0.5, 0.6) is 0 Å². The molecular formula is C25H29F6N5O4. The largest absolute Gasteiger partial charge is 0.405 e. The molecule has 220 valence electrons. The Hall–Kier alpha value is -3.65. The van der Waals surface area contributed by atoms with Crippen LogP contribution in [0.25, 0.3) is 0 Å². The van der Waals surface area contributed by atoms with Crippen molar-refractivity contribution in [2.45, 2.75) is 76.9 Å². The molecule has 3 N–H and O–H groups in total. The van der Waals surface area contributed by atoms with Crippen LogP contribution in [0, 0.1) is 18.7 Å². The van der Waals surface area contributed by atoms with Gasteiger partial charge in [0.1, 0.15) is 24.1 Å². The van der Waals surface area contributed by atoms with E-state index in [9.17, 15) is 36.3 Å². The number of aryl methyl sites for hydroxylation is 2. The highest BCUT2D eigenvalue weighted by Gasteiger charge is 2.41. The summed E-state index contributed by atoms with van der Waals surface area (Å²) in [5.74, 6) is -8.40. The third-order valence-electron chi connectivity index (χ3n) is 6.85. The molecule has 1 heterocycles. The van der Waals surface area contributed by atoms with E-state index in [-0.39, 0.29) is 35.5 Å². The predicted molar refractivity (Wildman–Crippen MR) is 129 cm³/mol. The van der Waals surface area contributed by atoms with Crippen LogP contribution >= 0.6 is 0 Å². The van der Waals surface area contributed by atoms with Gasteiger partial charge in [-0.2, -0.15) is 13.2 Å². The molecule has 0 saturated heterocycles. The molecule has 0 aliphatic heterocycles. The van der Waals surface area contributed by atoms with Gasteiger partial charge >= 0.3 is 6.18 Å². The minimum atomic E-state index is -4.62. The SMILES string of the molecule is CCc1nonc1C(=O)N[C@H](C(=O)Nc1cc(C)c(C(C)C(=O)NCC(F)(F)F)cc1F)C1CCC(F)(F)CC1. The molecule has 0 spiro atoms. The maximum absolute atomic E-state index is 15.0. The van der Waals surface area contributed by atoms with Gasteiger partial charge in [0.25, 0.3) is 5.91 Å². The number of nitrogens with zero attached hydrogens (tertiary/aromatic N) is 2. The molecule has 1 saturated carbocycles. The molecule has 1 unspecified atom stereocenters. The molecule has 9 nitrogen and oxygen atoms in total. The molecule has 3 amide bonds. The Kier molecular flexibility index (Phi) is 9.46. The van der Waals surface area contributed by atoms with Crippen molar-refractivity contribution in [1.29, 1.82) is 0 Å². The normalized spacial score (nSPS) is 17.1. The van der Waals surface area contributed by atoms with Crippen molar-refractivity contribution < 1.29 is 45.4 Å². The van der Waals surface area contributed by atoms with Crippen LogP contribution < -0.4 is 16.0 Å². The number of aromatic nitrogens is 2. The van der Waals surface area contributed by atoms with Gasteiger partial charge in [0.15, 0.2) is 5.69 Å². The summed E-state index contributed by atoms with van der Waals surface area (Å²) < 4.78 is 84.5. The van der Waals surface area contributed by atoms with Gasteiger partial charge in [-0.05, 0) is 67.4 Å². The van der Waals surface area contributed by atoms with Crippen molar-refractivity contribution >= 4 is 23.4 Å². The second kappa shape index (κ2) is 12.3. The Morgan fingerprint density at radius 1 is 1.12 bits per heavy atom. The number of alkyl halides is 5. The molecule has 40 heavy (non-hydrogen) atoms. The number of carbonyl (C=O) groups is 3. The van der Waals surface area contributed by atoms with E-state index in [0.717, 1.165) is 6.07 Å². The Bertz CT molecular complexity index is 1240. The van der Waals surface area contributed by atoms with Gasteiger partial charge in [0.2, 0.25) is 17.7 Å². The van der Waals surface area contributed by atoms with Gasteiger partial charge in [-0.1, -0.05) is 12.1 Å². The monoisotopic (exact) mass is 577 g/mol. The number of hydrogen-bond acceptors (Lipinski definition) is 6. The van der Waals surface area contributed by atoms with Crippen molar-refractivity contribution in [3.63, 3.8) is 0 Å². The van der Waals surface area contributed by atoms with E-state index >= 15 is 4.39 Å². The maximum atomic E-state index is 15.0. The lowest BCUT2D eigenvalue weighted by atomic mass is 9.81. The Morgan fingerprint density at radius 3 is 2.38 bits per heavy atom. The lowest BCUT2D eigenvalue weighted by Gasteiger charge is -2.33. The number of halogens is 6. The highest BCUT2D eigenvalue weighted by molar-refractivity contribution is 6.01. The summed E-state index contributed by atoms with van der Waals surface area (Å²) in [6, 6.07) is 0.781. The zero-order valence-electron chi connectivity index (χ0n) is 21.9. The minimum absolute atomic E-state index is 0.0892. The van der Waals surface area contributed by atoms with E-state index in [1.54, 1.807) is 12.2 Å². The molecule has 1 fully saturated rings. The Morgan fingerprint density at radius 2 is 1.77 bits per heavy atom. The summed E-state index contributed by atoms with van der Waals surface area (Å²) >= 11 is 0. The van der Waals surface area contributed by atoms with Crippen LogP contribution in [-0.4, -0.2) is 52.7 Å². The quantitative estimate of drug-likeness (QED) is 0.379. The molecule has 1 aliphatic rings. The number of hydrogen-bond donors (Lipinski definition) is 3. The van der Waals surface area contributed by atoms with E-state index in [1.807, 2.05) is 0 Å². The molecule has 3 rings (SSSR count). The predicted octanol–water partition coefficient (Wildman–Crippen LogP) is 4.42. The molecule has 15 heteroatoms. The summed E-state index contributed by atoms with van der Waals surface area (Å²) in [5.41, 5.74) is 0.112. The van der Waals surface area contributed by atoms with Crippen LogP contribution in [-0.2, 0) is 16.0 Å². The highest BCUT2D eigenvalue weighted by atomic mass is 19.4. The number of anilines is 1. The number of benzene rings is 1. The van der Waals surface area contributed by atoms with E-state index in [1.165, 1.54) is 19.9 Å². The Labute approximate surface area is 225 Å². The van der Waals surface area contributed by atoms with Crippen LogP contribution in [0.3, 0.4) is 0 Å². The number of rotatable bonds is 9. The summed E-state index contributed by atoms with van der Waals surface area (Å²) in [6.07, 6.45) is -5.50. The fourth-order valence-electron chi connectivity index (χ4n) is 4.57. The van der Waals surface area contributed by atoms with Crippen molar-refractivity contribution in [3.8, 4) is 0 Å². The second-order valence-electron chi connectivity index (χ2n) is 9.79. The van der Waals surface area contributed by atoms with Gasteiger partial charge in [0.05, 0.1) is 11.6 Å². The van der Waals surface area contributed by atoms with E-state index in [4.69, 9.17) is 0 Å². The topological polar surface area (TPSA) is 126 Å². The standard InChI is InChI=1S/C25H29F6N5O4/c1-4-17-20(36-40-35-17)23(39)34-19(14-5-7-24(27,28)8-6-14)22(38)33-18-9-12(2)15(10-16(18)26)13(3)21(37)32-11-25(29,30)31/h9-10,13-14,19H,4-8,11H2,1-3H3,(H,32,37)(H,33,38)(H,34,39)/t13?,19-/m0/s1. The molecule has 1 aromatic carbocycles. The molecular weight excluding hydrogens is 548 g/mol. The summed E-state index contributed by atoms with van der Waals surface area (Å²) in [6.45, 7) is 2.93. The van der Waals surface area contributed by atoms with Gasteiger partial charge in [0, 0.05) is 12.8 Å². The van der Waals surface area contributed by atoms with Gasteiger partial charge in [-0.15, -0.1) is 0 Å². The first kappa shape index (κ1) is 30.9. The fourth-order valence-corrected chi connectivity index (χ4v) is 4.57. The van der Waals surface area contributed by atoms with Crippen molar-refractivity contribution in [2.24, 2.45) is 5.92 Å². The van der Waals surface area contributed by atoms with Crippen LogP contribution in [0.2, 0.25) is 0 Å². The number of nitrogens with one attached hydrogen (secondary N) is 3. The molecule has 1 aliphatic carbocycles. The lowest BCUT2D eigenvalue weighted by Crippen LogP contribution is -2.50. The highest BCUT2D eigenvalue weighted by Crippen LogP contribution is 2.38. The average molecular weight is 578 g/mol. The molecule has 2 aromatic rings. The first-order chi connectivity index (χ1) is 18.6. The van der Waals surface area contributed by atoms with Gasteiger partial charge in [-0.25, -0.2) is 17.8 Å². The van der Waals surface area contributed by atoms with Gasteiger partial charge in [-0.3, -0.25) is 14.4 Å². The zero-order chi connectivity index (χ0) is 29.8. The minimum Gasteiger partial charge on any atom is -0.346 e. The lowest BCUT2D eigenvalue weighted by molar-refractivity contribution is -0.139. The van der Waals surface area contributed by atoms with Crippen LogP contribution in [0.1, 0.15) is 72.8 Å². The maximum Gasteiger partial charge on any atom is 0.405 e. The third-order valence-corrected chi connectivity index (χ3v) is 6.85. The zero-order valence-corrected chi connectivity index (χ0v) is 21.9. The van der Waals surface area contributed by atoms with Crippen molar-refractivity contribution in [1.82, 2.24) is 20.9 Å². The second-order valence-corrected chi connectivity index (χ2v) is 9.79. The van der Waals surface area contributed by atoms with Crippen molar-refractivity contribution in [2.75, 3.05) is 11.9 Å². The molecule has 0 bridgehead atoms. The Balaban J connectivity index is 1.81. The van der Waals surface area contributed by atoms with E-state index in [2.05, 4.69) is 25.6 Å². The van der Waals surface area contributed by atoms with E-state index in [0.29, 0.717) is 12.0 Å². The summed E-state index contributed by atoms with van der Waals surface area (Å²) in [5, 5.41) is 13.7. The average Bonchev–Trinajstić information content (AvgIpc) is 3.36. The molecule has 1 aromatic heterocycles. The summed E-state index contributed by atoms with van der Waals surface area (Å²) in [7, 11) is 0. The molecule has 2 atom stereocenters. The first-order valence-electron chi connectivity index (χ1n) is 12.6. The summed E-state index contributed by atoms with van der Waals surface area (Å²) in [4.78, 5) is 38.3. The van der Waals surface area contributed by atoms with E-state index < -0.39 is 72.9 Å². The number of amides is 3. The van der Waals surface area contributed by atoms with Crippen molar-refractivity contribution in [3.05, 3.63) is 40.5 Å². The molecule has 0 radical (unpaired) electrons. The first-order valence-corrected chi connectivity index (χ1v) is 12.6. The smallest absolute Gasteiger partial charge is 0.346 e. The third kappa shape index (κ3) is 7.72. The fraction of sp³-hybridized carbons (Fsp3) is 0.560.